The molecule has 0 saturated carbocycles. The Morgan fingerprint density at radius 1 is 1.25 bits per heavy atom. The van der Waals surface area contributed by atoms with Gasteiger partial charge in [-0.1, -0.05) is 41.6 Å². The van der Waals surface area contributed by atoms with Crippen molar-refractivity contribution in [2.24, 2.45) is 0 Å². The van der Waals surface area contributed by atoms with Gasteiger partial charge in [0.1, 0.15) is 5.52 Å². The van der Waals surface area contributed by atoms with Crippen LogP contribution in [0.2, 0.25) is 5.02 Å². The van der Waals surface area contributed by atoms with Gasteiger partial charge in [0.05, 0.1) is 18.0 Å². The molecule has 32 heavy (non-hydrogen) atoms. The Bertz CT molecular complexity index is 1300. The molecule has 0 bridgehead atoms. The Hall–Kier alpha value is -2.62. The quantitative estimate of drug-likeness (QED) is 0.299. The first-order valence-corrected chi connectivity index (χ1v) is 12.3. The van der Waals surface area contributed by atoms with Crippen LogP contribution in [0.25, 0.3) is 11.0 Å². The second-order valence-electron chi connectivity index (χ2n) is 7.16. The Morgan fingerprint density at radius 3 is 2.72 bits per heavy atom. The predicted octanol–water partition coefficient (Wildman–Crippen LogP) is 4.09. The summed E-state index contributed by atoms with van der Waals surface area (Å²) in [5.41, 5.74) is 2.61. The molecule has 1 N–H and O–H groups in total. The molecule has 4 rings (SSSR count). The van der Waals surface area contributed by atoms with Crippen molar-refractivity contribution in [3.8, 4) is 0 Å². The van der Waals surface area contributed by atoms with Gasteiger partial charge in [-0.05, 0) is 43.0 Å². The number of nitrogens with zero attached hydrogens (tertiary/aromatic N) is 4. The molecule has 0 fully saturated rings. The highest BCUT2D eigenvalue weighted by atomic mass is 35.5. The summed E-state index contributed by atoms with van der Waals surface area (Å²) in [5.74, 6) is 0.0136. The van der Waals surface area contributed by atoms with E-state index in [9.17, 15) is 9.59 Å². The molecule has 10 heteroatoms. The van der Waals surface area contributed by atoms with Crippen molar-refractivity contribution in [2.45, 2.75) is 38.6 Å². The molecule has 3 aromatic heterocycles. The average molecular weight is 488 g/mol. The Morgan fingerprint density at radius 2 is 2.03 bits per heavy atom. The summed E-state index contributed by atoms with van der Waals surface area (Å²) in [6.07, 6.45) is 0. The van der Waals surface area contributed by atoms with Crippen molar-refractivity contribution in [3.63, 3.8) is 0 Å². The Labute approximate surface area is 198 Å². The summed E-state index contributed by atoms with van der Waals surface area (Å²) in [7, 11) is 0. The van der Waals surface area contributed by atoms with Gasteiger partial charge in [0.25, 0.3) is 5.56 Å². The summed E-state index contributed by atoms with van der Waals surface area (Å²) >= 11 is 8.74. The van der Waals surface area contributed by atoms with Crippen molar-refractivity contribution in [1.82, 2.24) is 24.6 Å². The third-order valence-electron chi connectivity index (χ3n) is 4.91. The van der Waals surface area contributed by atoms with E-state index in [1.165, 1.54) is 11.8 Å². The Balaban J connectivity index is 1.57. The van der Waals surface area contributed by atoms with Crippen LogP contribution < -0.4 is 10.9 Å². The van der Waals surface area contributed by atoms with Crippen LogP contribution >= 0.6 is 34.7 Å². The number of aryl methyl sites for hydroxylation is 2. The van der Waals surface area contributed by atoms with Crippen molar-refractivity contribution in [1.29, 1.82) is 0 Å². The standard InChI is InChI=1S/C22H22ClN5O2S2/c1-3-28-20-19(14(2)26-28)25-22(27(21(20)30)12-17-5-4-10-31-17)32-13-18(29)24-11-15-6-8-16(23)9-7-15/h4-10H,3,11-13H2,1-2H3,(H,24,29). The molecule has 0 aliphatic heterocycles. The van der Waals surface area contributed by atoms with Crippen LogP contribution in [0.15, 0.2) is 51.7 Å². The number of nitrogens with one attached hydrogen (secondary N) is 1. The third kappa shape index (κ3) is 4.90. The van der Waals surface area contributed by atoms with Crippen LogP contribution in [0.1, 0.15) is 23.1 Å². The fraction of sp³-hybridized carbons (Fsp3) is 0.273. The summed E-state index contributed by atoms with van der Waals surface area (Å²) in [6.45, 7) is 5.19. The number of amides is 1. The molecule has 4 aromatic rings. The molecule has 0 atom stereocenters. The molecule has 0 radical (unpaired) electrons. The molecular formula is C22H22ClN5O2S2. The van der Waals surface area contributed by atoms with Gasteiger partial charge in [-0.25, -0.2) is 4.98 Å². The maximum atomic E-state index is 13.4. The van der Waals surface area contributed by atoms with Gasteiger partial charge in [0.2, 0.25) is 5.91 Å². The lowest BCUT2D eigenvalue weighted by Crippen LogP contribution is -2.27. The van der Waals surface area contributed by atoms with Crippen molar-refractivity contribution in [3.05, 3.63) is 73.3 Å². The average Bonchev–Trinajstić information content (AvgIpc) is 3.41. The topological polar surface area (TPSA) is 81.8 Å². The van der Waals surface area contributed by atoms with Crippen LogP contribution in [0.4, 0.5) is 0 Å². The molecule has 0 unspecified atom stereocenters. The fourth-order valence-corrected chi connectivity index (χ4v) is 4.95. The molecule has 3 heterocycles. The van der Waals surface area contributed by atoms with E-state index in [2.05, 4.69) is 10.4 Å². The number of hydrogen-bond acceptors (Lipinski definition) is 6. The number of rotatable bonds is 8. The van der Waals surface area contributed by atoms with E-state index in [0.29, 0.717) is 46.5 Å². The molecule has 7 nitrogen and oxygen atoms in total. The number of thioether (sulfide) groups is 1. The minimum absolute atomic E-state index is 0.136. The monoisotopic (exact) mass is 487 g/mol. The van der Waals surface area contributed by atoms with E-state index in [1.54, 1.807) is 32.7 Å². The van der Waals surface area contributed by atoms with E-state index in [1.807, 2.05) is 43.5 Å². The van der Waals surface area contributed by atoms with Gasteiger partial charge in [-0.15, -0.1) is 11.3 Å². The highest BCUT2D eigenvalue weighted by Gasteiger charge is 2.19. The SMILES string of the molecule is CCn1nc(C)c2nc(SCC(=O)NCc3ccc(Cl)cc3)n(Cc3cccs3)c(=O)c21. The number of carbonyl (C=O) groups excluding carboxylic acids is 1. The van der Waals surface area contributed by atoms with E-state index in [4.69, 9.17) is 16.6 Å². The highest BCUT2D eigenvalue weighted by molar-refractivity contribution is 7.99. The number of carbonyl (C=O) groups is 1. The van der Waals surface area contributed by atoms with Gasteiger partial charge < -0.3 is 5.32 Å². The molecule has 0 aliphatic rings. The minimum atomic E-state index is -0.144. The minimum Gasteiger partial charge on any atom is -0.351 e. The van der Waals surface area contributed by atoms with Gasteiger partial charge in [0.15, 0.2) is 10.7 Å². The summed E-state index contributed by atoms with van der Waals surface area (Å²) < 4.78 is 3.33. The lowest BCUT2D eigenvalue weighted by Gasteiger charge is -2.12. The smallest absolute Gasteiger partial charge is 0.280 e. The summed E-state index contributed by atoms with van der Waals surface area (Å²) in [6, 6.07) is 11.3. The van der Waals surface area contributed by atoms with Gasteiger partial charge >= 0.3 is 0 Å². The highest BCUT2D eigenvalue weighted by Crippen LogP contribution is 2.22. The second-order valence-corrected chi connectivity index (χ2v) is 9.57. The second kappa shape index (κ2) is 9.89. The van der Waals surface area contributed by atoms with Gasteiger partial charge in [0, 0.05) is 23.0 Å². The number of benzene rings is 1. The van der Waals surface area contributed by atoms with Crippen molar-refractivity contribution >= 4 is 51.6 Å². The van der Waals surface area contributed by atoms with Crippen LogP contribution in [-0.4, -0.2) is 31.0 Å². The molecule has 1 amide bonds. The molecule has 1 aromatic carbocycles. The van der Waals surface area contributed by atoms with E-state index < -0.39 is 0 Å². The van der Waals surface area contributed by atoms with Gasteiger partial charge in [-0.3, -0.25) is 18.8 Å². The van der Waals surface area contributed by atoms with E-state index in [-0.39, 0.29) is 17.2 Å². The predicted molar refractivity (Wildman–Crippen MR) is 130 cm³/mol. The lowest BCUT2D eigenvalue weighted by atomic mass is 10.2. The van der Waals surface area contributed by atoms with E-state index in [0.717, 1.165) is 10.4 Å². The maximum absolute atomic E-state index is 13.4. The number of hydrogen-bond donors (Lipinski definition) is 1. The van der Waals surface area contributed by atoms with Gasteiger partial charge in [-0.2, -0.15) is 5.10 Å². The molecule has 166 valence electrons. The van der Waals surface area contributed by atoms with Crippen molar-refractivity contribution < 1.29 is 4.79 Å². The normalized spacial score (nSPS) is 11.2. The number of fused-ring (bicyclic) bond motifs is 1. The number of aromatic nitrogens is 4. The van der Waals surface area contributed by atoms with Crippen LogP contribution in [0.3, 0.4) is 0 Å². The molecular weight excluding hydrogens is 466 g/mol. The zero-order chi connectivity index (χ0) is 22.7. The number of thiophene rings is 1. The van der Waals surface area contributed by atoms with Crippen LogP contribution in [0.5, 0.6) is 0 Å². The third-order valence-corrected chi connectivity index (χ3v) is 7.00. The zero-order valence-corrected chi connectivity index (χ0v) is 20.1. The molecule has 0 saturated heterocycles. The first kappa shape index (κ1) is 22.6. The molecule has 0 aliphatic carbocycles. The fourth-order valence-electron chi connectivity index (χ4n) is 3.31. The summed E-state index contributed by atoms with van der Waals surface area (Å²) in [5, 5.41) is 10.5. The first-order chi connectivity index (χ1) is 15.5. The van der Waals surface area contributed by atoms with E-state index >= 15 is 0 Å². The largest absolute Gasteiger partial charge is 0.351 e. The zero-order valence-electron chi connectivity index (χ0n) is 17.7. The van der Waals surface area contributed by atoms with Crippen LogP contribution in [0, 0.1) is 6.92 Å². The Kier molecular flexibility index (Phi) is 6.98. The van der Waals surface area contributed by atoms with Crippen LogP contribution in [-0.2, 0) is 24.4 Å². The van der Waals surface area contributed by atoms with Crippen molar-refractivity contribution in [2.75, 3.05) is 5.75 Å². The maximum Gasteiger partial charge on any atom is 0.280 e. The molecule has 0 spiro atoms. The lowest BCUT2D eigenvalue weighted by molar-refractivity contribution is -0.118. The summed E-state index contributed by atoms with van der Waals surface area (Å²) in [4.78, 5) is 31.6. The number of halogens is 1. The first-order valence-electron chi connectivity index (χ1n) is 10.1.